The summed E-state index contributed by atoms with van der Waals surface area (Å²) in [4.78, 5) is 24.4. The monoisotopic (exact) mass is 337 g/mol. The lowest BCUT2D eigenvalue weighted by atomic mass is 10.1. The highest BCUT2D eigenvalue weighted by Crippen LogP contribution is 2.11. The van der Waals surface area contributed by atoms with Crippen LogP contribution < -0.4 is 10.9 Å². The van der Waals surface area contributed by atoms with Crippen LogP contribution in [0.15, 0.2) is 47.5 Å². The molecule has 0 aliphatic rings. The average Bonchev–Trinajstić information content (AvgIpc) is 3.11. The second kappa shape index (κ2) is 7.12. The molecule has 2 N–H and O–H groups in total. The predicted octanol–water partition coefficient (Wildman–Crippen LogP) is 1.56. The fourth-order valence-corrected chi connectivity index (χ4v) is 2.62. The number of carbonyl (C=O) groups excluding carboxylic acids is 1. The van der Waals surface area contributed by atoms with Gasteiger partial charge in [-0.3, -0.25) is 14.3 Å². The molecule has 1 amide bonds. The largest absolute Gasteiger partial charge is 0.348 e. The summed E-state index contributed by atoms with van der Waals surface area (Å²) in [5.74, 6) is -0.404. The molecule has 2 heterocycles. The Kier molecular flexibility index (Phi) is 4.74. The third kappa shape index (κ3) is 3.65. The van der Waals surface area contributed by atoms with Crippen molar-refractivity contribution in [3.8, 4) is 0 Å². The van der Waals surface area contributed by atoms with Crippen molar-refractivity contribution in [2.75, 3.05) is 0 Å². The number of aromatic amines is 1. The minimum Gasteiger partial charge on any atom is -0.348 e. The maximum Gasteiger partial charge on any atom is 0.277 e. The SMILES string of the molecule is Cc1n[nH]c(=O)c(C(=O)NCc2ccccc2Cn2cccn2)c1C. The summed E-state index contributed by atoms with van der Waals surface area (Å²) in [6, 6.07) is 9.69. The Morgan fingerprint density at radius 2 is 1.96 bits per heavy atom. The number of aromatic nitrogens is 4. The van der Waals surface area contributed by atoms with Crippen molar-refractivity contribution < 1.29 is 4.79 Å². The van der Waals surface area contributed by atoms with Gasteiger partial charge in [0.15, 0.2) is 0 Å². The summed E-state index contributed by atoms with van der Waals surface area (Å²) in [6.45, 7) is 4.42. The number of H-pyrrole nitrogens is 1. The van der Waals surface area contributed by atoms with Crippen LogP contribution in [0.2, 0.25) is 0 Å². The second-order valence-electron chi connectivity index (χ2n) is 5.79. The number of aryl methyl sites for hydroxylation is 1. The van der Waals surface area contributed by atoms with Crippen molar-refractivity contribution in [1.82, 2.24) is 25.3 Å². The highest BCUT2D eigenvalue weighted by atomic mass is 16.2. The van der Waals surface area contributed by atoms with Crippen LogP contribution in [0.25, 0.3) is 0 Å². The van der Waals surface area contributed by atoms with Gasteiger partial charge in [0.2, 0.25) is 0 Å². The number of hydrogen-bond donors (Lipinski definition) is 2. The molecule has 0 fully saturated rings. The third-order valence-corrected chi connectivity index (χ3v) is 4.15. The van der Waals surface area contributed by atoms with E-state index in [2.05, 4.69) is 20.6 Å². The van der Waals surface area contributed by atoms with Crippen LogP contribution in [-0.2, 0) is 13.1 Å². The van der Waals surface area contributed by atoms with Gasteiger partial charge in [-0.1, -0.05) is 24.3 Å². The minimum absolute atomic E-state index is 0.108. The molecular formula is C18H19N5O2. The number of nitrogens with zero attached hydrogens (tertiary/aromatic N) is 3. The molecule has 0 saturated carbocycles. The molecule has 0 spiro atoms. The van der Waals surface area contributed by atoms with Crippen molar-refractivity contribution in [1.29, 1.82) is 0 Å². The topological polar surface area (TPSA) is 92.7 Å². The lowest BCUT2D eigenvalue weighted by Gasteiger charge is -2.12. The van der Waals surface area contributed by atoms with Gasteiger partial charge in [-0.2, -0.15) is 10.2 Å². The van der Waals surface area contributed by atoms with Gasteiger partial charge in [0, 0.05) is 18.9 Å². The Hall–Kier alpha value is -3.22. The quantitative estimate of drug-likeness (QED) is 0.739. The van der Waals surface area contributed by atoms with Gasteiger partial charge in [-0.25, -0.2) is 5.10 Å². The van der Waals surface area contributed by atoms with E-state index < -0.39 is 11.5 Å². The van der Waals surface area contributed by atoms with E-state index in [1.54, 1.807) is 20.0 Å². The summed E-state index contributed by atoms with van der Waals surface area (Å²) in [5.41, 5.74) is 2.88. The molecule has 3 aromatic rings. The van der Waals surface area contributed by atoms with Gasteiger partial charge in [0.25, 0.3) is 11.5 Å². The summed E-state index contributed by atoms with van der Waals surface area (Å²) in [5, 5.41) is 13.3. The van der Waals surface area contributed by atoms with Crippen LogP contribution in [0.5, 0.6) is 0 Å². The van der Waals surface area contributed by atoms with Crippen LogP contribution in [0.1, 0.15) is 32.7 Å². The van der Waals surface area contributed by atoms with Gasteiger partial charge < -0.3 is 5.32 Å². The lowest BCUT2D eigenvalue weighted by molar-refractivity contribution is 0.0948. The molecule has 0 saturated heterocycles. The first-order chi connectivity index (χ1) is 12.1. The molecule has 0 atom stereocenters. The Morgan fingerprint density at radius 1 is 1.20 bits per heavy atom. The summed E-state index contributed by atoms with van der Waals surface area (Å²) in [6.07, 6.45) is 3.61. The molecule has 25 heavy (non-hydrogen) atoms. The van der Waals surface area contributed by atoms with Gasteiger partial charge in [-0.15, -0.1) is 0 Å². The molecule has 1 aromatic carbocycles. The second-order valence-corrected chi connectivity index (χ2v) is 5.79. The number of hydrogen-bond acceptors (Lipinski definition) is 4. The number of carbonyl (C=O) groups is 1. The zero-order valence-electron chi connectivity index (χ0n) is 14.1. The van der Waals surface area contributed by atoms with E-state index in [9.17, 15) is 9.59 Å². The molecule has 0 radical (unpaired) electrons. The normalized spacial score (nSPS) is 10.6. The van der Waals surface area contributed by atoms with Crippen molar-refractivity contribution in [2.45, 2.75) is 26.9 Å². The van der Waals surface area contributed by atoms with Crippen molar-refractivity contribution in [3.05, 3.63) is 81.0 Å². The summed E-state index contributed by atoms with van der Waals surface area (Å²) in [7, 11) is 0. The van der Waals surface area contributed by atoms with E-state index >= 15 is 0 Å². The molecule has 0 aliphatic heterocycles. The van der Waals surface area contributed by atoms with Gasteiger partial charge in [0.05, 0.1) is 12.2 Å². The molecule has 0 bridgehead atoms. The van der Waals surface area contributed by atoms with Gasteiger partial charge in [0.1, 0.15) is 5.56 Å². The van der Waals surface area contributed by atoms with E-state index in [-0.39, 0.29) is 5.56 Å². The summed E-state index contributed by atoms with van der Waals surface area (Å²) < 4.78 is 1.82. The van der Waals surface area contributed by atoms with Crippen LogP contribution >= 0.6 is 0 Å². The standard InChI is InChI=1S/C18H19N5O2/c1-12-13(2)21-22-18(25)16(12)17(24)19-10-14-6-3-4-7-15(14)11-23-9-5-8-20-23/h3-9H,10-11H2,1-2H3,(H,19,24)(H,22,25). The Morgan fingerprint density at radius 3 is 2.68 bits per heavy atom. The van der Waals surface area contributed by atoms with E-state index in [0.29, 0.717) is 24.3 Å². The van der Waals surface area contributed by atoms with Crippen LogP contribution in [0, 0.1) is 13.8 Å². The number of benzene rings is 1. The first-order valence-electron chi connectivity index (χ1n) is 7.94. The van der Waals surface area contributed by atoms with Gasteiger partial charge >= 0.3 is 0 Å². The van der Waals surface area contributed by atoms with Crippen LogP contribution in [0.3, 0.4) is 0 Å². The maximum absolute atomic E-state index is 12.5. The van der Waals surface area contributed by atoms with E-state index in [1.807, 2.05) is 41.2 Å². The fraction of sp³-hybridized carbons (Fsp3) is 0.222. The number of amides is 1. The molecule has 2 aromatic heterocycles. The average molecular weight is 337 g/mol. The smallest absolute Gasteiger partial charge is 0.277 e. The molecule has 7 heteroatoms. The third-order valence-electron chi connectivity index (χ3n) is 4.15. The first kappa shape index (κ1) is 16.6. The van der Waals surface area contributed by atoms with E-state index in [1.165, 1.54) is 0 Å². The van der Waals surface area contributed by atoms with E-state index in [0.717, 1.165) is 11.1 Å². The zero-order valence-corrected chi connectivity index (χ0v) is 14.1. The lowest BCUT2D eigenvalue weighted by Crippen LogP contribution is -2.31. The van der Waals surface area contributed by atoms with E-state index in [4.69, 9.17) is 0 Å². The molecular weight excluding hydrogens is 318 g/mol. The maximum atomic E-state index is 12.5. The number of nitrogens with one attached hydrogen (secondary N) is 2. The Bertz CT molecular complexity index is 944. The van der Waals surface area contributed by atoms with Crippen LogP contribution in [0.4, 0.5) is 0 Å². The fourth-order valence-electron chi connectivity index (χ4n) is 2.62. The molecule has 0 unspecified atom stereocenters. The van der Waals surface area contributed by atoms with Crippen molar-refractivity contribution in [2.24, 2.45) is 0 Å². The Labute approximate surface area is 144 Å². The molecule has 3 rings (SSSR count). The molecule has 7 nitrogen and oxygen atoms in total. The Balaban J connectivity index is 1.77. The predicted molar refractivity (Wildman–Crippen MR) is 93.3 cm³/mol. The first-order valence-corrected chi connectivity index (χ1v) is 7.94. The highest BCUT2D eigenvalue weighted by molar-refractivity contribution is 5.95. The van der Waals surface area contributed by atoms with Crippen molar-refractivity contribution in [3.63, 3.8) is 0 Å². The zero-order chi connectivity index (χ0) is 17.8. The molecule has 128 valence electrons. The molecule has 0 aliphatic carbocycles. The van der Waals surface area contributed by atoms with Gasteiger partial charge in [-0.05, 0) is 36.6 Å². The summed E-state index contributed by atoms with van der Waals surface area (Å²) >= 11 is 0. The number of rotatable bonds is 5. The minimum atomic E-state index is -0.481. The van der Waals surface area contributed by atoms with Crippen LogP contribution in [-0.4, -0.2) is 25.9 Å². The van der Waals surface area contributed by atoms with Crippen molar-refractivity contribution >= 4 is 5.91 Å². The highest BCUT2D eigenvalue weighted by Gasteiger charge is 2.16.